The summed E-state index contributed by atoms with van der Waals surface area (Å²) in [5.74, 6) is 0. The van der Waals surface area contributed by atoms with Crippen molar-refractivity contribution in [2.45, 2.75) is 4.90 Å². The van der Waals surface area contributed by atoms with E-state index in [0.717, 1.165) is 4.90 Å². The molecule has 11 heavy (non-hydrogen) atoms. The van der Waals surface area contributed by atoms with Crippen LogP contribution in [0.4, 0.5) is 0 Å². The molecule has 1 aromatic rings. The first-order valence-corrected chi connectivity index (χ1v) is 5.24. The highest BCUT2D eigenvalue weighted by molar-refractivity contribution is 7.93. The van der Waals surface area contributed by atoms with E-state index in [9.17, 15) is 4.21 Å². The Kier molecular flexibility index (Phi) is 2.29. The van der Waals surface area contributed by atoms with Gasteiger partial charge < -0.3 is 0 Å². The van der Waals surface area contributed by atoms with Crippen molar-refractivity contribution >= 4 is 9.73 Å². The van der Waals surface area contributed by atoms with Crippen LogP contribution in [0.2, 0.25) is 0 Å². The van der Waals surface area contributed by atoms with Gasteiger partial charge in [0.1, 0.15) is 0 Å². The maximum Gasteiger partial charge on any atom is 0.0720 e. The monoisotopic (exact) mass is 169 g/mol. The number of hydrogen-bond donors (Lipinski definition) is 0. The summed E-state index contributed by atoms with van der Waals surface area (Å²) in [4.78, 5) is 0.794. The smallest absolute Gasteiger partial charge is 0.0720 e. The SMILES string of the molecule is CN=[S@](C)(=O)c1ccccc1. The van der Waals surface area contributed by atoms with Crippen LogP contribution in [0.3, 0.4) is 0 Å². The number of benzene rings is 1. The second-order valence-corrected chi connectivity index (χ2v) is 4.74. The topological polar surface area (TPSA) is 29.4 Å². The van der Waals surface area contributed by atoms with Gasteiger partial charge in [0.2, 0.25) is 0 Å². The van der Waals surface area contributed by atoms with Crippen LogP contribution in [0.25, 0.3) is 0 Å². The van der Waals surface area contributed by atoms with Crippen LogP contribution in [0.1, 0.15) is 0 Å². The van der Waals surface area contributed by atoms with E-state index >= 15 is 0 Å². The molecule has 1 rings (SSSR count). The summed E-state index contributed by atoms with van der Waals surface area (Å²) >= 11 is 0. The molecule has 0 radical (unpaired) electrons. The third kappa shape index (κ3) is 1.80. The second-order valence-electron chi connectivity index (χ2n) is 2.30. The van der Waals surface area contributed by atoms with Crippen LogP contribution in [-0.4, -0.2) is 17.5 Å². The molecule has 1 atom stereocenters. The average molecular weight is 169 g/mol. The quantitative estimate of drug-likeness (QED) is 0.630. The molecule has 0 aliphatic rings. The van der Waals surface area contributed by atoms with E-state index in [1.165, 1.54) is 0 Å². The van der Waals surface area contributed by atoms with Crippen molar-refractivity contribution in [1.82, 2.24) is 0 Å². The van der Waals surface area contributed by atoms with E-state index in [1.807, 2.05) is 30.3 Å². The van der Waals surface area contributed by atoms with E-state index in [-0.39, 0.29) is 0 Å². The lowest BCUT2D eigenvalue weighted by Gasteiger charge is -2.00. The van der Waals surface area contributed by atoms with Crippen LogP contribution < -0.4 is 0 Å². The molecular weight excluding hydrogens is 158 g/mol. The maximum absolute atomic E-state index is 11.6. The van der Waals surface area contributed by atoms with E-state index in [0.29, 0.717) is 0 Å². The molecule has 0 N–H and O–H groups in total. The lowest BCUT2D eigenvalue weighted by Crippen LogP contribution is -1.95. The van der Waals surface area contributed by atoms with Gasteiger partial charge in [-0.3, -0.25) is 0 Å². The third-order valence-electron chi connectivity index (χ3n) is 1.53. The standard InChI is InChI=1S/C8H11NOS/c1-9-11(2,10)8-6-4-3-5-7-8/h3-7H,1-2H3/t11-/m1/s1. The van der Waals surface area contributed by atoms with Gasteiger partial charge in [-0.1, -0.05) is 18.2 Å². The van der Waals surface area contributed by atoms with Crippen molar-refractivity contribution in [3.8, 4) is 0 Å². The fraction of sp³-hybridized carbons (Fsp3) is 0.250. The minimum atomic E-state index is -2.12. The van der Waals surface area contributed by atoms with Gasteiger partial charge >= 0.3 is 0 Å². The molecule has 0 amide bonds. The first-order valence-electron chi connectivity index (χ1n) is 3.32. The Morgan fingerprint density at radius 1 is 1.27 bits per heavy atom. The van der Waals surface area contributed by atoms with Crippen molar-refractivity contribution < 1.29 is 4.21 Å². The summed E-state index contributed by atoms with van der Waals surface area (Å²) in [7, 11) is -0.544. The van der Waals surface area contributed by atoms with E-state index in [1.54, 1.807) is 13.3 Å². The Labute approximate surface area is 67.4 Å². The van der Waals surface area contributed by atoms with Gasteiger partial charge in [-0.05, 0) is 12.1 Å². The highest BCUT2D eigenvalue weighted by atomic mass is 32.2. The molecule has 0 unspecified atom stereocenters. The van der Waals surface area contributed by atoms with Crippen molar-refractivity contribution in [3.05, 3.63) is 30.3 Å². The Balaban J connectivity index is 3.25. The normalized spacial score (nSPS) is 15.5. The molecule has 60 valence electrons. The minimum Gasteiger partial charge on any atom is -0.245 e. The summed E-state index contributed by atoms with van der Waals surface area (Å²) in [5.41, 5.74) is 0. The van der Waals surface area contributed by atoms with Crippen LogP contribution in [-0.2, 0) is 9.73 Å². The van der Waals surface area contributed by atoms with E-state index in [2.05, 4.69) is 4.36 Å². The zero-order chi connectivity index (χ0) is 8.32. The van der Waals surface area contributed by atoms with Crippen molar-refractivity contribution in [2.24, 2.45) is 4.36 Å². The zero-order valence-corrected chi connectivity index (χ0v) is 7.47. The molecule has 0 aliphatic carbocycles. The van der Waals surface area contributed by atoms with Crippen molar-refractivity contribution in [3.63, 3.8) is 0 Å². The number of hydrogen-bond acceptors (Lipinski definition) is 2. The van der Waals surface area contributed by atoms with Gasteiger partial charge in [0.05, 0.1) is 9.73 Å². The van der Waals surface area contributed by atoms with Crippen molar-refractivity contribution in [1.29, 1.82) is 0 Å². The summed E-state index contributed by atoms with van der Waals surface area (Å²) in [6, 6.07) is 9.28. The molecule has 0 bridgehead atoms. The molecule has 0 aromatic heterocycles. The molecular formula is C8H11NOS. The number of nitrogens with zero attached hydrogens (tertiary/aromatic N) is 1. The molecule has 0 saturated heterocycles. The van der Waals surface area contributed by atoms with Gasteiger partial charge in [-0.15, -0.1) is 0 Å². The fourth-order valence-electron chi connectivity index (χ4n) is 0.778. The number of rotatable bonds is 1. The largest absolute Gasteiger partial charge is 0.245 e. The third-order valence-corrected chi connectivity index (χ3v) is 3.37. The Bertz CT molecular complexity index is 336. The summed E-state index contributed by atoms with van der Waals surface area (Å²) < 4.78 is 15.4. The highest BCUT2D eigenvalue weighted by Crippen LogP contribution is 2.08. The molecule has 0 fully saturated rings. The molecule has 0 heterocycles. The average Bonchev–Trinajstić information content (AvgIpc) is 2.06. The first kappa shape index (κ1) is 8.27. The van der Waals surface area contributed by atoms with Gasteiger partial charge in [-0.25, -0.2) is 8.57 Å². The Morgan fingerprint density at radius 3 is 2.27 bits per heavy atom. The molecule has 0 aliphatic heterocycles. The summed E-state index contributed by atoms with van der Waals surface area (Å²) in [6.45, 7) is 0. The van der Waals surface area contributed by atoms with Gasteiger partial charge in [0, 0.05) is 18.2 Å². The Hall–Kier alpha value is -0.830. The van der Waals surface area contributed by atoms with Gasteiger partial charge in [-0.2, -0.15) is 0 Å². The fourth-order valence-corrected chi connectivity index (χ4v) is 1.65. The predicted molar refractivity (Wildman–Crippen MR) is 47.1 cm³/mol. The molecule has 0 saturated carbocycles. The maximum atomic E-state index is 11.6. The lowest BCUT2D eigenvalue weighted by molar-refractivity contribution is 0.680. The van der Waals surface area contributed by atoms with Crippen molar-refractivity contribution in [2.75, 3.05) is 13.3 Å². The first-order chi connectivity index (χ1) is 5.17. The second kappa shape index (κ2) is 3.05. The van der Waals surface area contributed by atoms with Crippen LogP contribution in [0.15, 0.2) is 39.6 Å². The van der Waals surface area contributed by atoms with Gasteiger partial charge in [0.15, 0.2) is 0 Å². The Morgan fingerprint density at radius 2 is 1.82 bits per heavy atom. The minimum absolute atomic E-state index is 0.794. The van der Waals surface area contributed by atoms with Crippen LogP contribution in [0, 0.1) is 0 Å². The van der Waals surface area contributed by atoms with E-state index < -0.39 is 9.73 Å². The summed E-state index contributed by atoms with van der Waals surface area (Å²) in [6.07, 6.45) is 1.64. The molecule has 3 heteroatoms. The van der Waals surface area contributed by atoms with E-state index in [4.69, 9.17) is 0 Å². The highest BCUT2D eigenvalue weighted by Gasteiger charge is 2.00. The predicted octanol–water partition coefficient (Wildman–Crippen LogP) is 1.77. The zero-order valence-electron chi connectivity index (χ0n) is 6.65. The van der Waals surface area contributed by atoms with Crippen LogP contribution >= 0.6 is 0 Å². The van der Waals surface area contributed by atoms with Crippen LogP contribution in [0.5, 0.6) is 0 Å². The molecule has 1 aromatic carbocycles. The molecule has 0 spiro atoms. The van der Waals surface area contributed by atoms with Gasteiger partial charge in [0.25, 0.3) is 0 Å². The molecule has 2 nitrogen and oxygen atoms in total. The summed E-state index contributed by atoms with van der Waals surface area (Å²) in [5, 5.41) is 0. The lowest BCUT2D eigenvalue weighted by atomic mass is 10.4.